The first kappa shape index (κ1) is 22.6. The standard InChI is InChI=1S/C25H28N2O3S/c1-17(2)21-11-8-9-19(4)24(21)26-25(28)22-10-6-7-12-23(22)27(5)31(29,30)20-15-13-18(3)14-16-20/h6-17H,1-5H3,(H,26,28). The number of hydrogen-bond donors (Lipinski definition) is 1. The number of para-hydroxylation sites is 2. The predicted molar refractivity (Wildman–Crippen MR) is 126 cm³/mol. The molecule has 0 fully saturated rings. The third-order valence-electron chi connectivity index (χ3n) is 5.33. The van der Waals surface area contributed by atoms with Crippen molar-refractivity contribution in [3.05, 3.63) is 89.0 Å². The van der Waals surface area contributed by atoms with E-state index in [4.69, 9.17) is 0 Å². The lowest BCUT2D eigenvalue weighted by atomic mass is 9.98. The van der Waals surface area contributed by atoms with Crippen LogP contribution in [0, 0.1) is 13.8 Å². The van der Waals surface area contributed by atoms with Gasteiger partial charge in [-0.3, -0.25) is 9.10 Å². The van der Waals surface area contributed by atoms with Crippen LogP contribution >= 0.6 is 0 Å². The summed E-state index contributed by atoms with van der Waals surface area (Å²) in [6.07, 6.45) is 0. The van der Waals surface area contributed by atoms with E-state index in [2.05, 4.69) is 19.2 Å². The number of aryl methyl sites for hydroxylation is 2. The van der Waals surface area contributed by atoms with Gasteiger partial charge >= 0.3 is 0 Å². The molecule has 0 radical (unpaired) electrons. The van der Waals surface area contributed by atoms with Gasteiger partial charge in [-0.1, -0.05) is 61.9 Å². The summed E-state index contributed by atoms with van der Waals surface area (Å²) < 4.78 is 27.5. The molecule has 6 heteroatoms. The Balaban J connectivity index is 1.99. The van der Waals surface area contributed by atoms with Crippen LogP contribution in [0.5, 0.6) is 0 Å². The lowest BCUT2D eigenvalue weighted by molar-refractivity contribution is 0.102. The molecule has 0 saturated carbocycles. The average molecular weight is 437 g/mol. The lowest BCUT2D eigenvalue weighted by Gasteiger charge is -2.23. The molecule has 0 aliphatic heterocycles. The van der Waals surface area contributed by atoms with Gasteiger partial charge in [0, 0.05) is 12.7 Å². The van der Waals surface area contributed by atoms with Crippen LogP contribution in [-0.4, -0.2) is 21.4 Å². The zero-order chi connectivity index (χ0) is 22.8. The number of nitrogens with one attached hydrogen (secondary N) is 1. The highest BCUT2D eigenvalue weighted by Crippen LogP contribution is 2.30. The van der Waals surface area contributed by atoms with Crippen LogP contribution in [-0.2, 0) is 10.0 Å². The first-order valence-corrected chi connectivity index (χ1v) is 11.6. The van der Waals surface area contributed by atoms with Crippen LogP contribution in [0.3, 0.4) is 0 Å². The number of rotatable bonds is 6. The van der Waals surface area contributed by atoms with Gasteiger partial charge in [-0.15, -0.1) is 0 Å². The number of carbonyl (C=O) groups excluding carboxylic acids is 1. The van der Waals surface area contributed by atoms with E-state index in [1.54, 1.807) is 48.5 Å². The average Bonchev–Trinajstić information content (AvgIpc) is 2.74. The number of sulfonamides is 1. The Labute approximate surface area is 184 Å². The molecule has 0 atom stereocenters. The molecule has 0 heterocycles. The maximum Gasteiger partial charge on any atom is 0.264 e. The van der Waals surface area contributed by atoms with Gasteiger partial charge in [-0.25, -0.2) is 8.42 Å². The van der Waals surface area contributed by atoms with E-state index in [-0.39, 0.29) is 16.7 Å². The molecule has 5 nitrogen and oxygen atoms in total. The second-order valence-corrected chi connectivity index (χ2v) is 9.92. The SMILES string of the molecule is Cc1ccc(S(=O)(=O)N(C)c2ccccc2C(=O)Nc2c(C)cccc2C(C)C)cc1. The van der Waals surface area contributed by atoms with Crippen molar-refractivity contribution >= 4 is 27.3 Å². The molecule has 0 unspecified atom stereocenters. The number of anilines is 2. The van der Waals surface area contributed by atoms with Gasteiger partial charge in [-0.05, 0) is 55.2 Å². The smallest absolute Gasteiger partial charge is 0.264 e. The highest BCUT2D eigenvalue weighted by atomic mass is 32.2. The minimum Gasteiger partial charge on any atom is -0.321 e. The van der Waals surface area contributed by atoms with E-state index in [1.165, 1.54) is 7.05 Å². The maximum absolute atomic E-state index is 13.2. The van der Waals surface area contributed by atoms with E-state index in [1.807, 2.05) is 32.0 Å². The van der Waals surface area contributed by atoms with Crippen molar-refractivity contribution in [3.8, 4) is 0 Å². The Morgan fingerprint density at radius 1 is 0.903 bits per heavy atom. The highest BCUT2D eigenvalue weighted by Gasteiger charge is 2.25. The number of amides is 1. The van der Waals surface area contributed by atoms with E-state index in [9.17, 15) is 13.2 Å². The van der Waals surface area contributed by atoms with Gasteiger partial charge in [0.25, 0.3) is 15.9 Å². The topological polar surface area (TPSA) is 66.5 Å². The number of benzene rings is 3. The normalized spacial score (nSPS) is 11.4. The zero-order valence-electron chi connectivity index (χ0n) is 18.5. The minimum atomic E-state index is -3.81. The van der Waals surface area contributed by atoms with Crippen molar-refractivity contribution in [3.63, 3.8) is 0 Å². The van der Waals surface area contributed by atoms with E-state index in [0.29, 0.717) is 11.3 Å². The van der Waals surface area contributed by atoms with Crippen LogP contribution in [0.15, 0.2) is 71.6 Å². The predicted octanol–water partition coefficient (Wildman–Crippen LogP) is 5.50. The summed E-state index contributed by atoms with van der Waals surface area (Å²) in [7, 11) is -2.35. The summed E-state index contributed by atoms with van der Waals surface area (Å²) in [5, 5.41) is 3.01. The largest absolute Gasteiger partial charge is 0.321 e. The van der Waals surface area contributed by atoms with E-state index < -0.39 is 10.0 Å². The van der Waals surface area contributed by atoms with Crippen molar-refractivity contribution in [1.82, 2.24) is 0 Å². The monoisotopic (exact) mass is 436 g/mol. The summed E-state index contributed by atoms with van der Waals surface area (Å²) in [4.78, 5) is 13.4. The lowest BCUT2D eigenvalue weighted by Crippen LogP contribution is -2.29. The fourth-order valence-corrected chi connectivity index (χ4v) is 4.68. The second kappa shape index (κ2) is 8.94. The Morgan fingerprint density at radius 2 is 1.55 bits per heavy atom. The Morgan fingerprint density at radius 3 is 2.19 bits per heavy atom. The molecule has 0 aliphatic rings. The van der Waals surface area contributed by atoms with E-state index in [0.717, 1.165) is 26.7 Å². The molecule has 31 heavy (non-hydrogen) atoms. The fourth-order valence-electron chi connectivity index (χ4n) is 3.46. The number of nitrogens with zero attached hydrogens (tertiary/aromatic N) is 1. The first-order chi connectivity index (χ1) is 14.6. The fraction of sp³-hybridized carbons (Fsp3) is 0.240. The minimum absolute atomic E-state index is 0.178. The van der Waals surface area contributed by atoms with Crippen LogP contribution in [0.1, 0.15) is 46.8 Å². The number of hydrogen-bond acceptors (Lipinski definition) is 3. The molecule has 3 aromatic carbocycles. The molecule has 0 bridgehead atoms. The molecule has 0 aliphatic carbocycles. The highest BCUT2D eigenvalue weighted by molar-refractivity contribution is 7.92. The molecule has 1 N–H and O–H groups in total. The molecule has 162 valence electrons. The van der Waals surface area contributed by atoms with Gasteiger partial charge < -0.3 is 5.32 Å². The molecular weight excluding hydrogens is 408 g/mol. The molecule has 3 rings (SSSR count). The summed E-state index contributed by atoms with van der Waals surface area (Å²) >= 11 is 0. The maximum atomic E-state index is 13.2. The molecule has 0 spiro atoms. The Kier molecular flexibility index (Phi) is 6.51. The van der Waals surface area contributed by atoms with Crippen molar-refractivity contribution < 1.29 is 13.2 Å². The van der Waals surface area contributed by atoms with Crippen LogP contribution < -0.4 is 9.62 Å². The van der Waals surface area contributed by atoms with Crippen LogP contribution in [0.25, 0.3) is 0 Å². The van der Waals surface area contributed by atoms with Gasteiger partial charge in [0.1, 0.15) is 0 Å². The molecular formula is C25H28N2O3S. The van der Waals surface area contributed by atoms with Crippen molar-refractivity contribution in [2.45, 2.75) is 38.5 Å². The zero-order valence-corrected chi connectivity index (χ0v) is 19.3. The quantitative estimate of drug-likeness (QED) is 0.554. The summed E-state index contributed by atoms with van der Waals surface area (Å²) in [5.41, 5.74) is 4.34. The third kappa shape index (κ3) is 4.64. The molecule has 1 amide bonds. The van der Waals surface area contributed by atoms with Gasteiger partial charge in [0.2, 0.25) is 0 Å². The number of carbonyl (C=O) groups is 1. The Bertz CT molecular complexity index is 1200. The summed E-state index contributed by atoms with van der Waals surface area (Å²) in [6, 6.07) is 19.3. The molecule has 3 aromatic rings. The van der Waals surface area contributed by atoms with Gasteiger partial charge in [-0.2, -0.15) is 0 Å². The van der Waals surface area contributed by atoms with Crippen LogP contribution in [0.4, 0.5) is 11.4 Å². The molecule has 0 aromatic heterocycles. The van der Waals surface area contributed by atoms with Gasteiger partial charge in [0.15, 0.2) is 0 Å². The second-order valence-electron chi connectivity index (χ2n) is 7.95. The van der Waals surface area contributed by atoms with Gasteiger partial charge in [0.05, 0.1) is 16.1 Å². The van der Waals surface area contributed by atoms with Crippen molar-refractivity contribution in [2.24, 2.45) is 0 Å². The Hall–Kier alpha value is -3.12. The third-order valence-corrected chi connectivity index (χ3v) is 7.12. The van der Waals surface area contributed by atoms with Crippen molar-refractivity contribution in [2.75, 3.05) is 16.7 Å². The molecule has 0 saturated heterocycles. The summed E-state index contributed by atoms with van der Waals surface area (Å²) in [5.74, 6) is -0.118. The summed E-state index contributed by atoms with van der Waals surface area (Å²) in [6.45, 7) is 7.98. The van der Waals surface area contributed by atoms with Crippen molar-refractivity contribution in [1.29, 1.82) is 0 Å². The van der Waals surface area contributed by atoms with E-state index >= 15 is 0 Å². The van der Waals surface area contributed by atoms with Crippen LogP contribution in [0.2, 0.25) is 0 Å². The first-order valence-electron chi connectivity index (χ1n) is 10.2.